The van der Waals surface area contributed by atoms with Crippen molar-refractivity contribution in [3.05, 3.63) is 11.9 Å². The van der Waals surface area contributed by atoms with Crippen LogP contribution in [0.5, 0.6) is 0 Å². The number of nitrogens with zero attached hydrogens (tertiary/aromatic N) is 4. The Kier molecular flexibility index (Phi) is 5.30. The van der Waals surface area contributed by atoms with E-state index in [1.807, 2.05) is 7.05 Å². The first-order chi connectivity index (χ1) is 10.1. The minimum Gasteiger partial charge on any atom is -0.476 e. The topological polar surface area (TPSA) is 88.3 Å². The predicted molar refractivity (Wildman–Crippen MR) is 75.9 cm³/mol. The van der Waals surface area contributed by atoms with Gasteiger partial charge in [0.25, 0.3) is 0 Å². The first-order valence-electron chi connectivity index (χ1n) is 7.47. The van der Waals surface area contributed by atoms with E-state index in [9.17, 15) is 9.59 Å². The van der Waals surface area contributed by atoms with Crippen LogP contribution in [0.25, 0.3) is 0 Å². The highest BCUT2D eigenvalue weighted by atomic mass is 16.4. The van der Waals surface area contributed by atoms with E-state index in [0.717, 1.165) is 25.7 Å². The van der Waals surface area contributed by atoms with Crippen LogP contribution in [0.2, 0.25) is 0 Å². The van der Waals surface area contributed by atoms with E-state index in [2.05, 4.69) is 10.3 Å². The fourth-order valence-corrected chi connectivity index (χ4v) is 2.75. The minimum absolute atomic E-state index is 0.0350. The highest BCUT2D eigenvalue weighted by Gasteiger charge is 2.21. The van der Waals surface area contributed by atoms with Gasteiger partial charge in [0, 0.05) is 13.1 Å². The Morgan fingerprint density at radius 1 is 1.29 bits per heavy atom. The maximum atomic E-state index is 12.3. The molecule has 0 spiro atoms. The Hall–Kier alpha value is -1.92. The fourth-order valence-electron chi connectivity index (χ4n) is 2.75. The lowest BCUT2D eigenvalue weighted by Gasteiger charge is -2.29. The van der Waals surface area contributed by atoms with Crippen molar-refractivity contribution in [2.24, 2.45) is 0 Å². The molecule has 1 fully saturated rings. The van der Waals surface area contributed by atoms with Gasteiger partial charge in [0.05, 0.1) is 6.20 Å². The van der Waals surface area contributed by atoms with E-state index in [4.69, 9.17) is 5.11 Å². The summed E-state index contributed by atoms with van der Waals surface area (Å²) in [6.07, 6.45) is 9.46. The second kappa shape index (κ2) is 7.19. The summed E-state index contributed by atoms with van der Waals surface area (Å²) < 4.78 is 1.28. The molecule has 0 radical (unpaired) electrons. The highest BCUT2D eigenvalue weighted by Crippen LogP contribution is 2.20. The molecule has 0 unspecified atom stereocenters. The minimum atomic E-state index is -1.14. The van der Waals surface area contributed by atoms with Gasteiger partial charge in [-0.25, -0.2) is 9.48 Å². The molecule has 1 N–H and O–H groups in total. The van der Waals surface area contributed by atoms with E-state index in [1.54, 1.807) is 4.90 Å². The molecule has 0 bridgehead atoms. The molecule has 1 aromatic heterocycles. The van der Waals surface area contributed by atoms with Gasteiger partial charge < -0.3 is 10.0 Å². The number of amides is 1. The molecule has 0 aromatic carbocycles. The first-order valence-corrected chi connectivity index (χ1v) is 7.47. The van der Waals surface area contributed by atoms with E-state index in [1.165, 1.54) is 30.1 Å². The van der Waals surface area contributed by atoms with E-state index >= 15 is 0 Å². The van der Waals surface area contributed by atoms with Crippen LogP contribution in [0.4, 0.5) is 0 Å². The van der Waals surface area contributed by atoms with Crippen molar-refractivity contribution in [1.29, 1.82) is 0 Å². The lowest BCUT2D eigenvalue weighted by molar-refractivity contribution is -0.133. The monoisotopic (exact) mass is 294 g/mol. The first kappa shape index (κ1) is 15.5. The third kappa shape index (κ3) is 4.27. The average Bonchev–Trinajstić information content (AvgIpc) is 2.86. The van der Waals surface area contributed by atoms with Gasteiger partial charge in [-0.15, -0.1) is 5.10 Å². The average molecular weight is 294 g/mol. The van der Waals surface area contributed by atoms with Gasteiger partial charge in [-0.3, -0.25) is 4.79 Å². The lowest BCUT2D eigenvalue weighted by atomic mass is 9.96. The lowest BCUT2D eigenvalue weighted by Crippen LogP contribution is -2.39. The smallest absolute Gasteiger partial charge is 0.358 e. The van der Waals surface area contributed by atoms with E-state index < -0.39 is 5.97 Å². The molecule has 2 rings (SSSR count). The van der Waals surface area contributed by atoms with Gasteiger partial charge in [-0.05, 0) is 12.8 Å². The van der Waals surface area contributed by atoms with E-state index in [-0.39, 0.29) is 24.2 Å². The Morgan fingerprint density at radius 2 is 1.90 bits per heavy atom. The Balaban J connectivity index is 1.92. The van der Waals surface area contributed by atoms with Crippen molar-refractivity contribution in [3.8, 4) is 0 Å². The van der Waals surface area contributed by atoms with Gasteiger partial charge in [0.15, 0.2) is 5.69 Å². The van der Waals surface area contributed by atoms with Gasteiger partial charge in [0.1, 0.15) is 6.54 Å². The zero-order valence-corrected chi connectivity index (χ0v) is 12.4. The van der Waals surface area contributed by atoms with Gasteiger partial charge in [-0.2, -0.15) is 0 Å². The fraction of sp³-hybridized carbons (Fsp3) is 0.714. The van der Waals surface area contributed by atoms with Crippen molar-refractivity contribution in [2.45, 2.75) is 57.5 Å². The normalized spacial score (nSPS) is 17.0. The number of carboxylic acids is 1. The molecular formula is C14H22N4O3. The number of carboxylic acid groups (broad SMARTS) is 1. The summed E-state index contributed by atoms with van der Waals surface area (Å²) in [5, 5.41) is 16.0. The van der Waals surface area contributed by atoms with Gasteiger partial charge in [0.2, 0.25) is 5.91 Å². The second-order valence-electron chi connectivity index (χ2n) is 5.61. The number of carbonyl (C=O) groups excluding carboxylic acids is 1. The molecule has 0 aliphatic heterocycles. The molecule has 1 saturated carbocycles. The third-order valence-corrected chi connectivity index (χ3v) is 4.07. The predicted octanol–water partition coefficient (Wildman–Crippen LogP) is 1.55. The van der Waals surface area contributed by atoms with Crippen LogP contribution < -0.4 is 0 Å². The second-order valence-corrected chi connectivity index (χ2v) is 5.61. The third-order valence-electron chi connectivity index (χ3n) is 4.07. The summed E-state index contributed by atoms with van der Waals surface area (Å²) in [4.78, 5) is 24.8. The summed E-state index contributed by atoms with van der Waals surface area (Å²) in [5.74, 6) is -1.19. The molecule has 1 aliphatic rings. The van der Waals surface area contributed by atoms with Crippen molar-refractivity contribution < 1.29 is 14.7 Å². The van der Waals surface area contributed by atoms with Crippen LogP contribution in [0.15, 0.2) is 6.20 Å². The van der Waals surface area contributed by atoms with E-state index in [0.29, 0.717) is 0 Å². The van der Waals surface area contributed by atoms with Gasteiger partial charge >= 0.3 is 5.97 Å². The molecule has 1 aromatic rings. The Morgan fingerprint density at radius 3 is 2.48 bits per heavy atom. The van der Waals surface area contributed by atoms with Crippen molar-refractivity contribution >= 4 is 11.9 Å². The number of likely N-dealkylation sites (N-methyl/N-ethyl adjacent to an activating group) is 1. The largest absolute Gasteiger partial charge is 0.476 e. The number of rotatable bonds is 4. The summed E-state index contributed by atoms with van der Waals surface area (Å²) in [5.41, 5.74) is -0.142. The number of carbonyl (C=O) groups is 2. The summed E-state index contributed by atoms with van der Waals surface area (Å²) in [6, 6.07) is 0.278. The maximum absolute atomic E-state index is 12.3. The number of aromatic carboxylic acids is 1. The molecular weight excluding hydrogens is 272 g/mol. The molecule has 116 valence electrons. The molecule has 7 nitrogen and oxygen atoms in total. The molecule has 1 aliphatic carbocycles. The standard InChI is InChI=1S/C14H22N4O3/c1-17(11-7-5-3-2-4-6-8-11)13(19)10-18-9-12(14(20)21)15-16-18/h9,11H,2-8,10H2,1H3,(H,20,21). The van der Waals surface area contributed by atoms with Gasteiger partial charge in [-0.1, -0.05) is 37.3 Å². The molecule has 21 heavy (non-hydrogen) atoms. The number of aromatic nitrogens is 3. The molecule has 1 amide bonds. The molecule has 0 atom stereocenters. The highest BCUT2D eigenvalue weighted by molar-refractivity contribution is 5.84. The van der Waals surface area contributed by atoms with Crippen molar-refractivity contribution in [1.82, 2.24) is 19.9 Å². The van der Waals surface area contributed by atoms with Crippen LogP contribution >= 0.6 is 0 Å². The quantitative estimate of drug-likeness (QED) is 0.910. The summed E-state index contributed by atoms with van der Waals surface area (Å²) in [6.45, 7) is 0.0350. The van der Waals surface area contributed by atoms with Crippen LogP contribution in [-0.2, 0) is 11.3 Å². The molecule has 0 saturated heterocycles. The summed E-state index contributed by atoms with van der Waals surface area (Å²) in [7, 11) is 1.82. The zero-order chi connectivity index (χ0) is 15.2. The summed E-state index contributed by atoms with van der Waals surface area (Å²) >= 11 is 0. The SMILES string of the molecule is CN(C(=O)Cn1cc(C(=O)O)nn1)C1CCCCCCC1. The van der Waals surface area contributed by atoms with Crippen molar-refractivity contribution in [3.63, 3.8) is 0 Å². The zero-order valence-electron chi connectivity index (χ0n) is 12.4. The number of hydrogen-bond acceptors (Lipinski definition) is 4. The van der Waals surface area contributed by atoms with Crippen LogP contribution in [-0.4, -0.2) is 50.0 Å². The number of hydrogen-bond donors (Lipinski definition) is 1. The molecule has 1 heterocycles. The Labute approximate surface area is 123 Å². The van der Waals surface area contributed by atoms with Crippen molar-refractivity contribution in [2.75, 3.05) is 7.05 Å². The maximum Gasteiger partial charge on any atom is 0.358 e. The van der Waals surface area contributed by atoms with Crippen LogP contribution in [0, 0.1) is 0 Å². The molecule has 7 heteroatoms. The van der Waals surface area contributed by atoms with Crippen LogP contribution in [0.3, 0.4) is 0 Å². The Bertz CT molecular complexity index is 492. The van der Waals surface area contributed by atoms with Crippen LogP contribution in [0.1, 0.15) is 55.4 Å².